The Kier molecular flexibility index (Phi) is 4.22. The van der Waals surface area contributed by atoms with Gasteiger partial charge in [0.2, 0.25) is 5.91 Å². The molecule has 3 atom stereocenters. The van der Waals surface area contributed by atoms with E-state index in [2.05, 4.69) is 17.1 Å². The number of amides is 1. The van der Waals surface area contributed by atoms with Crippen LogP contribution >= 0.6 is 0 Å². The third-order valence-corrected chi connectivity index (χ3v) is 3.56. The molecule has 4 heteroatoms. The van der Waals surface area contributed by atoms with Gasteiger partial charge in [0.15, 0.2) is 0 Å². The number of benzene rings is 1. The average molecular weight is 261 g/mol. The number of hydrogen-bond acceptors (Lipinski definition) is 3. The molecule has 1 aliphatic rings. The molecule has 0 aromatic heterocycles. The first-order chi connectivity index (χ1) is 9.00. The largest absolute Gasteiger partial charge is 0.322 e. The summed E-state index contributed by atoms with van der Waals surface area (Å²) in [5.74, 6) is 0.174. The van der Waals surface area contributed by atoms with Crippen LogP contribution in [0.3, 0.4) is 0 Å². The van der Waals surface area contributed by atoms with Gasteiger partial charge in [0, 0.05) is 12.6 Å². The highest BCUT2D eigenvalue weighted by atomic mass is 16.2. The molecule has 4 nitrogen and oxygen atoms in total. The van der Waals surface area contributed by atoms with Gasteiger partial charge in [-0.25, -0.2) is 0 Å². The van der Waals surface area contributed by atoms with Gasteiger partial charge >= 0.3 is 0 Å². The van der Waals surface area contributed by atoms with Crippen molar-refractivity contribution in [2.75, 3.05) is 20.6 Å². The Morgan fingerprint density at radius 1 is 1.32 bits per heavy atom. The Hall–Kier alpha value is -1.39. The van der Waals surface area contributed by atoms with Crippen LogP contribution in [0.1, 0.15) is 25.5 Å². The third-order valence-electron chi connectivity index (χ3n) is 3.56. The number of rotatable bonds is 4. The number of nitrogens with zero attached hydrogens (tertiary/aromatic N) is 2. The fourth-order valence-corrected chi connectivity index (χ4v) is 2.83. The molecule has 1 aromatic carbocycles. The molecule has 1 amide bonds. The second kappa shape index (κ2) is 5.72. The van der Waals surface area contributed by atoms with E-state index < -0.39 is 0 Å². The SMILES string of the molecule is CC(CN(C)C)N1C(=O)C(c2ccccc2)NC1C. The van der Waals surface area contributed by atoms with Crippen molar-refractivity contribution in [3.05, 3.63) is 35.9 Å². The molecule has 0 radical (unpaired) electrons. The molecule has 1 fully saturated rings. The molecule has 0 spiro atoms. The Labute approximate surface area is 115 Å². The normalized spacial score (nSPS) is 25.1. The number of likely N-dealkylation sites (N-methyl/N-ethyl adjacent to an activating group) is 1. The molecule has 1 N–H and O–H groups in total. The molecule has 1 heterocycles. The van der Waals surface area contributed by atoms with Crippen molar-refractivity contribution in [1.82, 2.24) is 15.1 Å². The second-order valence-electron chi connectivity index (χ2n) is 5.54. The van der Waals surface area contributed by atoms with E-state index in [9.17, 15) is 4.79 Å². The number of nitrogens with one attached hydrogen (secondary N) is 1. The molecule has 2 rings (SSSR count). The van der Waals surface area contributed by atoms with Crippen LogP contribution in [0.5, 0.6) is 0 Å². The molecule has 104 valence electrons. The van der Waals surface area contributed by atoms with Gasteiger partial charge in [-0.1, -0.05) is 30.3 Å². The van der Waals surface area contributed by atoms with Crippen molar-refractivity contribution in [3.8, 4) is 0 Å². The lowest BCUT2D eigenvalue weighted by molar-refractivity contribution is -0.132. The van der Waals surface area contributed by atoms with Gasteiger partial charge in [-0.2, -0.15) is 0 Å². The lowest BCUT2D eigenvalue weighted by Gasteiger charge is -2.30. The monoisotopic (exact) mass is 261 g/mol. The van der Waals surface area contributed by atoms with E-state index in [0.717, 1.165) is 12.1 Å². The molecular formula is C15H23N3O. The van der Waals surface area contributed by atoms with E-state index in [4.69, 9.17) is 0 Å². The fourth-order valence-electron chi connectivity index (χ4n) is 2.83. The molecule has 0 saturated carbocycles. The smallest absolute Gasteiger partial charge is 0.245 e. The van der Waals surface area contributed by atoms with E-state index in [0.29, 0.717) is 0 Å². The second-order valence-corrected chi connectivity index (χ2v) is 5.54. The van der Waals surface area contributed by atoms with Gasteiger partial charge in [-0.05, 0) is 33.5 Å². The van der Waals surface area contributed by atoms with Crippen molar-refractivity contribution in [2.24, 2.45) is 0 Å². The fraction of sp³-hybridized carbons (Fsp3) is 0.533. The standard InChI is InChI=1S/C15H23N3O/c1-11(10-17(3)4)18-12(2)16-14(15(18)19)13-8-6-5-7-9-13/h5-9,11-12,14,16H,10H2,1-4H3. The zero-order valence-corrected chi connectivity index (χ0v) is 12.1. The highest BCUT2D eigenvalue weighted by molar-refractivity contribution is 5.85. The quantitative estimate of drug-likeness (QED) is 0.891. The maximum atomic E-state index is 12.6. The van der Waals surface area contributed by atoms with Crippen LogP contribution < -0.4 is 5.32 Å². The maximum Gasteiger partial charge on any atom is 0.245 e. The number of carbonyl (C=O) groups is 1. The minimum absolute atomic E-state index is 0.0765. The van der Waals surface area contributed by atoms with Gasteiger partial charge in [0.25, 0.3) is 0 Å². The Balaban J connectivity index is 2.15. The van der Waals surface area contributed by atoms with Crippen LogP contribution in [0.15, 0.2) is 30.3 Å². The summed E-state index contributed by atoms with van der Waals surface area (Å²) in [5.41, 5.74) is 1.04. The van der Waals surface area contributed by atoms with Gasteiger partial charge in [0.05, 0.1) is 6.17 Å². The van der Waals surface area contributed by atoms with Gasteiger partial charge in [0.1, 0.15) is 6.04 Å². The first kappa shape index (κ1) is 14.0. The van der Waals surface area contributed by atoms with Crippen molar-refractivity contribution < 1.29 is 4.79 Å². The first-order valence-electron chi connectivity index (χ1n) is 6.78. The van der Waals surface area contributed by atoms with E-state index in [1.165, 1.54) is 0 Å². The number of carbonyl (C=O) groups excluding carboxylic acids is 1. The lowest BCUT2D eigenvalue weighted by Crippen LogP contribution is -2.45. The Morgan fingerprint density at radius 2 is 1.95 bits per heavy atom. The van der Waals surface area contributed by atoms with Gasteiger partial charge in [-0.15, -0.1) is 0 Å². The maximum absolute atomic E-state index is 12.6. The molecule has 0 bridgehead atoms. The van der Waals surface area contributed by atoms with Crippen LogP contribution in [0.25, 0.3) is 0 Å². The van der Waals surface area contributed by atoms with Crippen LogP contribution in [0, 0.1) is 0 Å². The van der Waals surface area contributed by atoms with Crippen molar-refractivity contribution in [3.63, 3.8) is 0 Å². The van der Waals surface area contributed by atoms with E-state index >= 15 is 0 Å². The average Bonchev–Trinajstić information content (AvgIpc) is 2.65. The van der Waals surface area contributed by atoms with Crippen molar-refractivity contribution in [1.29, 1.82) is 0 Å². The predicted molar refractivity (Wildman–Crippen MR) is 76.6 cm³/mol. The molecule has 1 aromatic rings. The van der Waals surface area contributed by atoms with Crippen LogP contribution in [0.4, 0.5) is 0 Å². The summed E-state index contributed by atoms with van der Waals surface area (Å²) in [4.78, 5) is 16.7. The minimum atomic E-state index is -0.208. The zero-order chi connectivity index (χ0) is 14.0. The zero-order valence-electron chi connectivity index (χ0n) is 12.1. The van der Waals surface area contributed by atoms with Crippen molar-refractivity contribution in [2.45, 2.75) is 32.1 Å². The van der Waals surface area contributed by atoms with Gasteiger partial charge < -0.3 is 9.80 Å². The molecule has 1 aliphatic heterocycles. The van der Waals surface area contributed by atoms with Crippen molar-refractivity contribution >= 4 is 5.91 Å². The van der Waals surface area contributed by atoms with Crippen LogP contribution in [-0.2, 0) is 4.79 Å². The Morgan fingerprint density at radius 3 is 2.53 bits per heavy atom. The topological polar surface area (TPSA) is 35.6 Å². The van der Waals surface area contributed by atoms with Crippen LogP contribution in [-0.4, -0.2) is 48.6 Å². The summed E-state index contributed by atoms with van der Waals surface area (Å²) in [7, 11) is 4.06. The van der Waals surface area contributed by atoms with Gasteiger partial charge in [-0.3, -0.25) is 10.1 Å². The first-order valence-corrected chi connectivity index (χ1v) is 6.78. The van der Waals surface area contributed by atoms with Crippen LogP contribution in [0.2, 0.25) is 0 Å². The summed E-state index contributed by atoms with van der Waals surface area (Å²) in [6.45, 7) is 5.02. The molecule has 19 heavy (non-hydrogen) atoms. The predicted octanol–water partition coefficient (Wildman–Crippen LogP) is 1.46. The molecule has 1 saturated heterocycles. The summed E-state index contributed by atoms with van der Waals surface area (Å²) in [6, 6.07) is 9.92. The summed E-state index contributed by atoms with van der Waals surface area (Å²) in [6.07, 6.45) is 0.0765. The highest BCUT2D eigenvalue weighted by Crippen LogP contribution is 2.25. The summed E-state index contributed by atoms with van der Waals surface area (Å²) in [5, 5.41) is 3.38. The highest BCUT2D eigenvalue weighted by Gasteiger charge is 2.39. The molecule has 0 aliphatic carbocycles. The molecule has 3 unspecified atom stereocenters. The molecular weight excluding hydrogens is 238 g/mol. The Bertz CT molecular complexity index is 432. The summed E-state index contributed by atoms with van der Waals surface area (Å²) >= 11 is 0. The van der Waals surface area contributed by atoms with E-state index in [1.807, 2.05) is 56.3 Å². The lowest BCUT2D eigenvalue weighted by atomic mass is 10.1. The minimum Gasteiger partial charge on any atom is -0.322 e. The third kappa shape index (κ3) is 2.96. The van der Waals surface area contributed by atoms with E-state index in [1.54, 1.807) is 0 Å². The number of hydrogen-bond donors (Lipinski definition) is 1. The summed E-state index contributed by atoms with van der Waals surface area (Å²) < 4.78 is 0. The van der Waals surface area contributed by atoms with E-state index in [-0.39, 0.29) is 24.2 Å².